The van der Waals surface area contributed by atoms with E-state index in [-0.39, 0.29) is 0 Å². The Kier molecular flexibility index (Phi) is 8.74. The number of hydrogen-bond acceptors (Lipinski definition) is 1. The second kappa shape index (κ2) is 9.16. The first-order valence-electron chi connectivity index (χ1n) is 7.09. The maximum Gasteiger partial charge on any atom is 0.0548 e. The first-order chi connectivity index (χ1) is 8.40. The van der Waals surface area contributed by atoms with E-state index in [1.54, 1.807) is 0 Å². The molecule has 0 aliphatic rings. The molecule has 1 aromatic carbocycles. The van der Waals surface area contributed by atoms with Crippen LogP contribution in [-0.4, -0.2) is 12.2 Å². The van der Waals surface area contributed by atoms with Crippen LogP contribution in [0.15, 0.2) is 18.2 Å². The van der Waals surface area contributed by atoms with E-state index < -0.39 is 0 Å². The molecule has 0 saturated heterocycles. The van der Waals surface area contributed by atoms with Gasteiger partial charge in [-0.25, -0.2) is 0 Å². The highest BCUT2D eigenvalue weighted by molar-refractivity contribution is 5.28. The minimum atomic E-state index is 0.431. The average Bonchev–Trinajstić information content (AvgIpc) is 2.34. The summed E-state index contributed by atoms with van der Waals surface area (Å²) in [6, 6.07) is 6.50. The minimum absolute atomic E-state index is 0.431. The summed E-state index contributed by atoms with van der Waals surface area (Å²) in [4.78, 5) is 0. The summed E-state index contributed by atoms with van der Waals surface area (Å²) in [5.41, 5.74) is 4.11. The quantitative estimate of drug-likeness (QED) is 0.712. The van der Waals surface area contributed by atoms with Crippen molar-refractivity contribution in [2.45, 2.75) is 73.5 Å². The van der Waals surface area contributed by atoms with Gasteiger partial charge < -0.3 is 4.74 Å². The van der Waals surface area contributed by atoms with Crippen LogP contribution in [0, 0.1) is 20.8 Å². The van der Waals surface area contributed by atoms with Crippen LogP contribution in [0.5, 0.6) is 0 Å². The van der Waals surface area contributed by atoms with Crippen molar-refractivity contribution in [3.05, 3.63) is 34.9 Å². The van der Waals surface area contributed by atoms with E-state index in [2.05, 4.69) is 66.7 Å². The normalized spacial score (nSPS) is 13.5. The molecule has 2 atom stereocenters. The molecule has 0 aliphatic carbocycles. The Morgan fingerprint density at radius 2 is 1.39 bits per heavy atom. The van der Waals surface area contributed by atoms with Gasteiger partial charge in [0, 0.05) is 0 Å². The van der Waals surface area contributed by atoms with Crippen LogP contribution in [0.1, 0.15) is 57.2 Å². The Hall–Kier alpha value is -0.820. The summed E-state index contributed by atoms with van der Waals surface area (Å²) in [7, 11) is 0. The SMILES string of the molecule is CCC(C)OC(C)CC.Cc1ccc(C)c(C)c1. The van der Waals surface area contributed by atoms with Crippen LogP contribution < -0.4 is 0 Å². The van der Waals surface area contributed by atoms with Gasteiger partial charge in [0.1, 0.15) is 0 Å². The fraction of sp³-hybridized carbons (Fsp3) is 0.647. The second-order valence-electron chi connectivity index (χ2n) is 5.16. The van der Waals surface area contributed by atoms with Gasteiger partial charge in [0.25, 0.3) is 0 Å². The average molecular weight is 250 g/mol. The van der Waals surface area contributed by atoms with E-state index in [4.69, 9.17) is 4.74 Å². The van der Waals surface area contributed by atoms with Crippen molar-refractivity contribution in [1.82, 2.24) is 0 Å². The summed E-state index contributed by atoms with van der Waals surface area (Å²) >= 11 is 0. The van der Waals surface area contributed by atoms with E-state index in [0.717, 1.165) is 12.8 Å². The fourth-order valence-corrected chi connectivity index (χ4v) is 1.48. The smallest absolute Gasteiger partial charge is 0.0548 e. The van der Waals surface area contributed by atoms with E-state index in [1.807, 2.05) is 0 Å². The minimum Gasteiger partial charge on any atom is -0.376 e. The van der Waals surface area contributed by atoms with Crippen LogP contribution in [-0.2, 0) is 4.74 Å². The first kappa shape index (κ1) is 17.2. The lowest BCUT2D eigenvalue weighted by Gasteiger charge is -2.15. The number of ether oxygens (including phenoxy) is 1. The molecule has 0 saturated carbocycles. The molecule has 0 N–H and O–H groups in total. The Labute approximate surface area is 114 Å². The monoisotopic (exact) mass is 250 g/mol. The van der Waals surface area contributed by atoms with E-state index in [9.17, 15) is 0 Å². The topological polar surface area (TPSA) is 9.23 Å². The molecular formula is C17H30O. The van der Waals surface area contributed by atoms with Crippen molar-refractivity contribution in [2.24, 2.45) is 0 Å². The Morgan fingerprint density at radius 3 is 1.72 bits per heavy atom. The molecule has 0 spiro atoms. The predicted octanol–water partition coefficient (Wildman–Crippen LogP) is 5.21. The zero-order valence-corrected chi connectivity index (χ0v) is 13.2. The summed E-state index contributed by atoms with van der Waals surface area (Å²) in [5.74, 6) is 0. The highest BCUT2D eigenvalue weighted by atomic mass is 16.5. The standard InChI is InChI=1S/C9H12.C8H18O/c1-7-4-5-8(2)9(3)6-7;1-5-7(3)9-8(4)6-2/h4-6H,1-3H3;7-8H,5-6H2,1-4H3. The highest BCUT2D eigenvalue weighted by Crippen LogP contribution is 2.07. The van der Waals surface area contributed by atoms with Crippen molar-refractivity contribution in [3.63, 3.8) is 0 Å². The first-order valence-corrected chi connectivity index (χ1v) is 7.09. The molecule has 0 bridgehead atoms. The molecule has 0 radical (unpaired) electrons. The number of hydrogen-bond donors (Lipinski definition) is 0. The van der Waals surface area contributed by atoms with Crippen LogP contribution in [0.2, 0.25) is 0 Å². The van der Waals surface area contributed by atoms with Crippen LogP contribution in [0.25, 0.3) is 0 Å². The lowest BCUT2D eigenvalue weighted by Crippen LogP contribution is -2.14. The number of benzene rings is 1. The van der Waals surface area contributed by atoms with Crippen LogP contribution in [0.4, 0.5) is 0 Å². The molecule has 0 fully saturated rings. The molecule has 0 aliphatic heterocycles. The van der Waals surface area contributed by atoms with Crippen LogP contribution >= 0.6 is 0 Å². The second-order valence-corrected chi connectivity index (χ2v) is 5.16. The van der Waals surface area contributed by atoms with E-state index >= 15 is 0 Å². The van der Waals surface area contributed by atoms with E-state index in [1.165, 1.54) is 16.7 Å². The molecule has 0 aromatic heterocycles. The molecule has 0 heterocycles. The van der Waals surface area contributed by atoms with Crippen molar-refractivity contribution in [2.75, 3.05) is 0 Å². The molecule has 0 amide bonds. The van der Waals surface area contributed by atoms with Gasteiger partial charge in [-0.1, -0.05) is 37.6 Å². The van der Waals surface area contributed by atoms with Gasteiger partial charge in [0.2, 0.25) is 0 Å². The number of rotatable bonds is 4. The third-order valence-corrected chi connectivity index (χ3v) is 3.28. The Balaban J connectivity index is 0.000000321. The van der Waals surface area contributed by atoms with Crippen molar-refractivity contribution in [1.29, 1.82) is 0 Å². The van der Waals surface area contributed by atoms with Crippen LogP contribution in [0.3, 0.4) is 0 Å². The largest absolute Gasteiger partial charge is 0.376 e. The summed E-state index contributed by atoms with van der Waals surface area (Å²) in [6.07, 6.45) is 3.09. The van der Waals surface area contributed by atoms with Gasteiger partial charge in [0.05, 0.1) is 12.2 Å². The molecule has 2 unspecified atom stereocenters. The Bertz CT molecular complexity index is 322. The molecule has 1 heteroatoms. The van der Waals surface area contributed by atoms with Gasteiger partial charge in [0.15, 0.2) is 0 Å². The predicted molar refractivity (Wildman–Crippen MR) is 81.2 cm³/mol. The molecule has 1 nitrogen and oxygen atoms in total. The zero-order chi connectivity index (χ0) is 14.1. The van der Waals surface area contributed by atoms with Gasteiger partial charge in [-0.05, 0) is 58.6 Å². The molecule has 104 valence electrons. The third-order valence-electron chi connectivity index (χ3n) is 3.28. The maximum absolute atomic E-state index is 5.55. The molecule has 1 rings (SSSR count). The lowest BCUT2D eigenvalue weighted by molar-refractivity contribution is 0.00511. The summed E-state index contributed by atoms with van der Waals surface area (Å²) < 4.78 is 5.55. The van der Waals surface area contributed by atoms with Crippen molar-refractivity contribution < 1.29 is 4.74 Å². The number of aryl methyl sites for hydroxylation is 3. The molecule has 18 heavy (non-hydrogen) atoms. The van der Waals surface area contributed by atoms with Crippen molar-refractivity contribution in [3.8, 4) is 0 Å². The summed E-state index contributed by atoms with van der Waals surface area (Å²) in [5, 5.41) is 0. The van der Waals surface area contributed by atoms with E-state index in [0.29, 0.717) is 12.2 Å². The lowest BCUT2D eigenvalue weighted by atomic mass is 10.1. The van der Waals surface area contributed by atoms with Gasteiger partial charge >= 0.3 is 0 Å². The fourth-order valence-electron chi connectivity index (χ4n) is 1.48. The third kappa shape index (κ3) is 7.50. The summed E-state index contributed by atoms with van der Waals surface area (Å²) in [6.45, 7) is 14.9. The maximum atomic E-state index is 5.55. The zero-order valence-electron chi connectivity index (χ0n) is 13.2. The van der Waals surface area contributed by atoms with Gasteiger partial charge in [-0.15, -0.1) is 0 Å². The van der Waals surface area contributed by atoms with Crippen molar-refractivity contribution >= 4 is 0 Å². The highest BCUT2D eigenvalue weighted by Gasteiger charge is 2.02. The van der Waals surface area contributed by atoms with Gasteiger partial charge in [-0.2, -0.15) is 0 Å². The molecule has 1 aromatic rings. The Morgan fingerprint density at radius 1 is 0.889 bits per heavy atom. The van der Waals surface area contributed by atoms with Gasteiger partial charge in [-0.3, -0.25) is 0 Å². The molecular weight excluding hydrogens is 220 g/mol.